The highest BCUT2D eigenvalue weighted by molar-refractivity contribution is 5.79. The van der Waals surface area contributed by atoms with E-state index in [2.05, 4.69) is 29.6 Å². The first-order valence-corrected chi connectivity index (χ1v) is 10.8. The van der Waals surface area contributed by atoms with Gasteiger partial charge in [0.25, 0.3) is 0 Å². The number of hydrogen-bond acceptors (Lipinski definition) is 4. The standard InChI is InChI=1S/C20H38F3N5O/c1-4-24-18(26-15-19(27(2)3)8-13-29-14-9-19)25-10-5-17-6-11-28(12-7-17)16-20(21,22)23/h17H,4-16H2,1-3H3,(H2,24,25,26). The minimum atomic E-state index is -4.10. The second-order valence-corrected chi connectivity index (χ2v) is 8.48. The number of alkyl halides is 3. The second kappa shape index (κ2) is 11.4. The number of guanidine groups is 1. The molecule has 9 heteroatoms. The van der Waals surface area contributed by atoms with Gasteiger partial charge in [0.1, 0.15) is 0 Å². The topological polar surface area (TPSA) is 52.1 Å². The van der Waals surface area contributed by atoms with Gasteiger partial charge in [-0.3, -0.25) is 9.89 Å². The van der Waals surface area contributed by atoms with Gasteiger partial charge >= 0.3 is 6.18 Å². The average molecular weight is 422 g/mol. The minimum absolute atomic E-state index is 0.0336. The molecule has 0 aromatic rings. The van der Waals surface area contributed by atoms with Crippen LogP contribution in [0.3, 0.4) is 0 Å². The van der Waals surface area contributed by atoms with Crippen LogP contribution in [0.2, 0.25) is 0 Å². The lowest BCUT2D eigenvalue weighted by Crippen LogP contribution is -2.51. The summed E-state index contributed by atoms with van der Waals surface area (Å²) < 4.78 is 43.0. The maximum Gasteiger partial charge on any atom is 0.401 e. The van der Waals surface area contributed by atoms with Crippen LogP contribution in [-0.2, 0) is 4.74 Å². The summed E-state index contributed by atoms with van der Waals surface area (Å²) in [5.41, 5.74) is 0.0336. The van der Waals surface area contributed by atoms with E-state index < -0.39 is 12.7 Å². The van der Waals surface area contributed by atoms with Crippen LogP contribution in [-0.4, -0.2) is 94.1 Å². The van der Waals surface area contributed by atoms with Crippen molar-refractivity contribution in [2.45, 2.75) is 50.7 Å². The highest BCUT2D eigenvalue weighted by Crippen LogP contribution is 2.26. The molecule has 0 atom stereocenters. The molecule has 0 saturated carbocycles. The summed E-state index contributed by atoms with van der Waals surface area (Å²) in [5, 5.41) is 6.71. The Kier molecular flexibility index (Phi) is 9.49. The summed E-state index contributed by atoms with van der Waals surface area (Å²) in [6.45, 7) is 6.16. The largest absolute Gasteiger partial charge is 0.401 e. The normalized spacial score (nSPS) is 22.1. The van der Waals surface area contributed by atoms with Crippen molar-refractivity contribution in [2.75, 3.05) is 66.6 Å². The molecule has 0 radical (unpaired) electrons. The van der Waals surface area contributed by atoms with Crippen LogP contribution in [0.4, 0.5) is 13.2 Å². The molecule has 170 valence electrons. The van der Waals surface area contributed by atoms with Crippen LogP contribution in [0.1, 0.15) is 39.0 Å². The molecule has 2 heterocycles. The van der Waals surface area contributed by atoms with E-state index in [4.69, 9.17) is 9.73 Å². The van der Waals surface area contributed by atoms with Crippen LogP contribution in [0.25, 0.3) is 0 Å². The van der Waals surface area contributed by atoms with E-state index in [0.29, 0.717) is 25.6 Å². The fourth-order valence-electron chi connectivity index (χ4n) is 4.15. The van der Waals surface area contributed by atoms with Crippen LogP contribution in [0.5, 0.6) is 0 Å². The lowest BCUT2D eigenvalue weighted by atomic mass is 9.89. The first kappa shape index (κ1) is 24.2. The maximum absolute atomic E-state index is 12.5. The summed E-state index contributed by atoms with van der Waals surface area (Å²) in [4.78, 5) is 8.61. The van der Waals surface area contributed by atoms with Crippen molar-refractivity contribution in [1.82, 2.24) is 20.4 Å². The van der Waals surface area contributed by atoms with E-state index in [0.717, 1.165) is 64.4 Å². The van der Waals surface area contributed by atoms with Gasteiger partial charge in [-0.25, -0.2) is 0 Å². The molecular weight excluding hydrogens is 383 g/mol. The number of halogens is 3. The molecule has 2 N–H and O–H groups in total. The van der Waals surface area contributed by atoms with Gasteiger partial charge < -0.3 is 20.3 Å². The number of piperidine rings is 1. The fourth-order valence-corrected chi connectivity index (χ4v) is 4.15. The Morgan fingerprint density at radius 1 is 1.17 bits per heavy atom. The average Bonchev–Trinajstić information content (AvgIpc) is 2.67. The molecular formula is C20H38F3N5O. The number of likely N-dealkylation sites (N-methyl/N-ethyl adjacent to an activating group) is 1. The minimum Gasteiger partial charge on any atom is -0.381 e. The van der Waals surface area contributed by atoms with Gasteiger partial charge in [-0.15, -0.1) is 0 Å². The van der Waals surface area contributed by atoms with Crippen molar-refractivity contribution in [1.29, 1.82) is 0 Å². The lowest BCUT2D eigenvalue weighted by Gasteiger charge is -2.41. The molecule has 0 aromatic carbocycles. The zero-order chi connectivity index (χ0) is 21.3. The molecule has 0 spiro atoms. The van der Waals surface area contributed by atoms with Crippen LogP contribution < -0.4 is 10.6 Å². The first-order chi connectivity index (χ1) is 13.7. The zero-order valence-electron chi connectivity index (χ0n) is 18.2. The molecule has 2 rings (SSSR count). The summed E-state index contributed by atoms with van der Waals surface area (Å²) in [6, 6.07) is 0. The third kappa shape index (κ3) is 8.30. The van der Waals surface area contributed by atoms with Crippen molar-refractivity contribution in [3.8, 4) is 0 Å². The Morgan fingerprint density at radius 2 is 1.83 bits per heavy atom. The molecule has 0 aromatic heterocycles. The Morgan fingerprint density at radius 3 is 2.38 bits per heavy atom. The molecule has 6 nitrogen and oxygen atoms in total. The van der Waals surface area contributed by atoms with Crippen molar-refractivity contribution >= 4 is 5.96 Å². The highest BCUT2D eigenvalue weighted by Gasteiger charge is 2.35. The van der Waals surface area contributed by atoms with Gasteiger partial charge in [-0.2, -0.15) is 13.2 Å². The van der Waals surface area contributed by atoms with E-state index in [-0.39, 0.29) is 5.54 Å². The molecule has 0 amide bonds. The van der Waals surface area contributed by atoms with Crippen LogP contribution in [0.15, 0.2) is 4.99 Å². The fraction of sp³-hybridized carbons (Fsp3) is 0.950. The Bertz CT molecular complexity index is 499. The molecule has 0 bridgehead atoms. The number of likely N-dealkylation sites (tertiary alicyclic amines) is 1. The van der Waals surface area contributed by atoms with Crippen LogP contribution in [0, 0.1) is 5.92 Å². The van der Waals surface area contributed by atoms with Gasteiger partial charge in [-0.1, -0.05) is 0 Å². The number of rotatable bonds is 8. The quantitative estimate of drug-likeness (QED) is 0.465. The Hall–Kier alpha value is -1.06. The van der Waals surface area contributed by atoms with Gasteiger partial charge in [0.15, 0.2) is 5.96 Å². The Labute approximate surface area is 173 Å². The van der Waals surface area contributed by atoms with E-state index >= 15 is 0 Å². The number of hydrogen-bond donors (Lipinski definition) is 2. The molecule has 0 unspecified atom stereocenters. The van der Waals surface area contributed by atoms with Crippen molar-refractivity contribution in [3.63, 3.8) is 0 Å². The lowest BCUT2D eigenvalue weighted by molar-refractivity contribution is -0.148. The second-order valence-electron chi connectivity index (χ2n) is 8.48. The summed E-state index contributed by atoms with van der Waals surface area (Å²) in [5.74, 6) is 1.29. The van der Waals surface area contributed by atoms with E-state index in [1.54, 1.807) is 0 Å². The van der Waals surface area contributed by atoms with Crippen LogP contribution >= 0.6 is 0 Å². The summed E-state index contributed by atoms with van der Waals surface area (Å²) >= 11 is 0. The van der Waals surface area contributed by atoms with E-state index in [1.165, 1.54) is 4.90 Å². The molecule has 2 aliphatic heterocycles. The monoisotopic (exact) mass is 421 g/mol. The molecule has 29 heavy (non-hydrogen) atoms. The smallest absolute Gasteiger partial charge is 0.381 e. The highest BCUT2D eigenvalue weighted by atomic mass is 19.4. The number of nitrogens with one attached hydrogen (secondary N) is 2. The number of aliphatic imine (C=N–C) groups is 1. The zero-order valence-corrected chi connectivity index (χ0v) is 18.2. The van der Waals surface area contributed by atoms with Crippen molar-refractivity contribution < 1.29 is 17.9 Å². The Balaban J connectivity index is 1.77. The van der Waals surface area contributed by atoms with Crippen molar-refractivity contribution in [2.24, 2.45) is 10.9 Å². The van der Waals surface area contributed by atoms with Gasteiger partial charge in [0.2, 0.25) is 0 Å². The van der Waals surface area contributed by atoms with Gasteiger partial charge in [-0.05, 0) is 72.1 Å². The molecule has 2 fully saturated rings. The third-order valence-electron chi connectivity index (χ3n) is 6.20. The van der Waals surface area contributed by atoms with E-state index in [9.17, 15) is 13.2 Å². The predicted molar refractivity (Wildman–Crippen MR) is 110 cm³/mol. The molecule has 2 aliphatic rings. The SMILES string of the molecule is CCNC(=NCC1(N(C)C)CCOCC1)NCCC1CCN(CC(F)(F)F)CC1. The number of nitrogens with zero attached hydrogens (tertiary/aromatic N) is 3. The number of ether oxygens (including phenoxy) is 1. The molecule has 2 saturated heterocycles. The maximum atomic E-state index is 12.5. The summed E-state index contributed by atoms with van der Waals surface area (Å²) in [7, 11) is 4.21. The molecule has 0 aliphatic carbocycles. The van der Waals surface area contributed by atoms with Gasteiger partial charge in [0.05, 0.1) is 13.1 Å². The predicted octanol–water partition coefficient (Wildman–Crippen LogP) is 2.32. The van der Waals surface area contributed by atoms with Crippen molar-refractivity contribution in [3.05, 3.63) is 0 Å². The third-order valence-corrected chi connectivity index (χ3v) is 6.20. The van der Waals surface area contributed by atoms with Gasteiger partial charge in [0, 0.05) is 31.8 Å². The first-order valence-electron chi connectivity index (χ1n) is 10.8. The van der Waals surface area contributed by atoms with E-state index in [1.807, 2.05) is 6.92 Å². The summed E-state index contributed by atoms with van der Waals surface area (Å²) in [6.07, 6.45) is 0.458.